The summed E-state index contributed by atoms with van der Waals surface area (Å²) >= 11 is 0. The summed E-state index contributed by atoms with van der Waals surface area (Å²) in [6, 6.07) is 7.62. The Morgan fingerprint density at radius 3 is 2.21 bits per heavy atom. The molecule has 19 heavy (non-hydrogen) atoms. The minimum absolute atomic E-state index is 0.0345. The average Bonchev–Trinajstić information content (AvgIpc) is 2.47. The van der Waals surface area contributed by atoms with E-state index in [1.54, 1.807) is 24.8 Å². The number of nitrogens with zero attached hydrogens (tertiary/aromatic N) is 2. The number of nitrogens with one attached hydrogen (secondary N) is 2. The van der Waals surface area contributed by atoms with Crippen molar-refractivity contribution < 1.29 is 4.79 Å². The fourth-order valence-electron chi connectivity index (χ4n) is 1.59. The first-order valence-corrected chi connectivity index (χ1v) is 6.10. The Kier molecular flexibility index (Phi) is 5.01. The van der Waals surface area contributed by atoms with Gasteiger partial charge in [0.15, 0.2) is 0 Å². The molecular weight excluding hydrogens is 240 g/mol. The van der Waals surface area contributed by atoms with Crippen LogP contribution in [0.5, 0.6) is 0 Å². The second-order valence-corrected chi connectivity index (χ2v) is 4.10. The maximum atomic E-state index is 11.6. The zero-order chi connectivity index (χ0) is 13.3. The smallest absolute Gasteiger partial charge is 0.234 e. The Morgan fingerprint density at radius 1 is 1.00 bits per heavy atom. The Hall–Kier alpha value is -2.27. The summed E-state index contributed by atoms with van der Waals surface area (Å²) in [6.45, 7) is 1.42. The number of amides is 1. The van der Waals surface area contributed by atoms with Gasteiger partial charge in [-0.25, -0.2) is 0 Å². The van der Waals surface area contributed by atoms with Crippen LogP contribution in [-0.4, -0.2) is 22.4 Å². The summed E-state index contributed by atoms with van der Waals surface area (Å²) in [5.74, 6) is -0.0345. The fourth-order valence-corrected chi connectivity index (χ4v) is 1.59. The molecule has 0 saturated heterocycles. The zero-order valence-electron chi connectivity index (χ0n) is 10.5. The van der Waals surface area contributed by atoms with Gasteiger partial charge in [-0.15, -0.1) is 0 Å². The summed E-state index contributed by atoms with van der Waals surface area (Å²) in [6.07, 6.45) is 6.95. The third-order valence-electron chi connectivity index (χ3n) is 2.55. The van der Waals surface area contributed by atoms with Gasteiger partial charge in [-0.05, 0) is 23.3 Å². The summed E-state index contributed by atoms with van der Waals surface area (Å²) < 4.78 is 0. The van der Waals surface area contributed by atoms with Crippen molar-refractivity contribution in [2.45, 2.75) is 13.1 Å². The van der Waals surface area contributed by atoms with Gasteiger partial charge in [-0.3, -0.25) is 14.8 Å². The fraction of sp³-hybridized carbons (Fsp3) is 0.214. The number of hydrogen-bond donors (Lipinski definition) is 2. The summed E-state index contributed by atoms with van der Waals surface area (Å²) in [5.41, 5.74) is 2.05. The molecular formula is C14H16N4O. The largest absolute Gasteiger partial charge is 0.351 e. The molecule has 0 fully saturated rings. The molecule has 2 aromatic rings. The Bertz CT molecular complexity index is 501. The van der Waals surface area contributed by atoms with Gasteiger partial charge in [0.2, 0.25) is 5.91 Å². The molecule has 0 bridgehead atoms. The highest BCUT2D eigenvalue weighted by atomic mass is 16.1. The second-order valence-electron chi connectivity index (χ2n) is 4.10. The van der Waals surface area contributed by atoms with Gasteiger partial charge in [-0.1, -0.05) is 12.1 Å². The number of hydrogen-bond acceptors (Lipinski definition) is 4. The van der Waals surface area contributed by atoms with Crippen LogP contribution in [0.1, 0.15) is 11.1 Å². The van der Waals surface area contributed by atoms with Crippen LogP contribution in [0.15, 0.2) is 49.1 Å². The third-order valence-corrected chi connectivity index (χ3v) is 2.55. The molecule has 5 nitrogen and oxygen atoms in total. The van der Waals surface area contributed by atoms with Crippen LogP contribution in [0.2, 0.25) is 0 Å². The van der Waals surface area contributed by atoms with Crippen LogP contribution in [-0.2, 0) is 17.9 Å². The van der Waals surface area contributed by atoms with Crippen molar-refractivity contribution in [2.75, 3.05) is 6.54 Å². The lowest BCUT2D eigenvalue weighted by Gasteiger charge is -2.06. The molecule has 0 unspecified atom stereocenters. The van der Waals surface area contributed by atoms with Crippen LogP contribution in [0, 0.1) is 0 Å². The molecule has 0 radical (unpaired) electrons. The molecule has 0 saturated carbocycles. The molecule has 0 atom stereocenters. The van der Waals surface area contributed by atoms with E-state index in [0.717, 1.165) is 11.1 Å². The normalized spacial score (nSPS) is 10.1. The van der Waals surface area contributed by atoms with Crippen molar-refractivity contribution in [2.24, 2.45) is 0 Å². The van der Waals surface area contributed by atoms with E-state index in [9.17, 15) is 4.79 Å². The maximum absolute atomic E-state index is 11.6. The monoisotopic (exact) mass is 256 g/mol. The molecule has 5 heteroatoms. The van der Waals surface area contributed by atoms with E-state index in [1.165, 1.54) is 0 Å². The Labute approximate surface area is 112 Å². The first kappa shape index (κ1) is 13.2. The highest BCUT2D eigenvalue weighted by molar-refractivity contribution is 5.77. The van der Waals surface area contributed by atoms with Gasteiger partial charge in [0.05, 0.1) is 6.54 Å². The molecule has 2 rings (SSSR count). The SMILES string of the molecule is O=C(CNCc1cccnc1)NCc1cccnc1. The summed E-state index contributed by atoms with van der Waals surface area (Å²) in [4.78, 5) is 19.6. The lowest BCUT2D eigenvalue weighted by molar-refractivity contribution is -0.120. The van der Waals surface area contributed by atoms with Gasteiger partial charge in [0.1, 0.15) is 0 Å². The van der Waals surface area contributed by atoms with Crippen LogP contribution in [0.4, 0.5) is 0 Å². The van der Waals surface area contributed by atoms with E-state index in [0.29, 0.717) is 13.1 Å². The molecule has 2 N–H and O–H groups in total. The summed E-state index contributed by atoms with van der Waals surface area (Å²) in [7, 11) is 0. The molecule has 0 spiro atoms. The van der Waals surface area contributed by atoms with E-state index in [2.05, 4.69) is 20.6 Å². The van der Waals surface area contributed by atoms with Crippen LogP contribution in [0.3, 0.4) is 0 Å². The van der Waals surface area contributed by atoms with E-state index in [-0.39, 0.29) is 12.5 Å². The van der Waals surface area contributed by atoms with Crippen LogP contribution in [0.25, 0.3) is 0 Å². The first-order chi connectivity index (χ1) is 9.34. The van der Waals surface area contributed by atoms with E-state index >= 15 is 0 Å². The number of aromatic nitrogens is 2. The van der Waals surface area contributed by atoms with Crippen molar-refractivity contribution in [3.8, 4) is 0 Å². The van der Waals surface area contributed by atoms with E-state index in [4.69, 9.17) is 0 Å². The third kappa shape index (κ3) is 4.85. The maximum Gasteiger partial charge on any atom is 0.234 e. The summed E-state index contributed by atoms with van der Waals surface area (Å²) in [5, 5.41) is 5.90. The Morgan fingerprint density at radius 2 is 1.63 bits per heavy atom. The lowest BCUT2D eigenvalue weighted by Crippen LogP contribution is -2.33. The van der Waals surface area contributed by atoms with E-state index < -0.39 is 0 Å². The predicted octanol–water partition coefficient (Wildman–Crippen LogP) is 0.883. The highest BCUT2D eigenvalue weighted by Gasteiger charge is 2.00. The van der Waals surface area contributed by atoms with Gasteiger partial charge in [0, 0.05) is 37.9 Å². The minimum atomic E-state index is -0.0345. The number of pyridine rings is 2. The van der Waals surface area contributed by atoms with Gasteiger partial charge < -0.3 is 10.6 Å². The Balaban J connectivity index is 1.65. The second kappa shape index (κ2) is 7.23. The molecule has 2 aromatic heterocycles. The van der Waals surface area contributed by atoms with E-state index in [1.807, 2.05) is 24.3 Å². The first-order valence-electron chi connectivity index (χ1n) is 6.10. The van der Waals surface area contributed by atoms with Crippen molar-refractivity contribution >= 4 is 5.91 Å². The van der Waals surface area contributed by atoms with Gasteiger partial charge >= 0.3 is 0 Å². The quantitative estimate of drug-likeness (QED) is 0.805. The number of rotatable bonds is 6. The lowest BCUT2D eigenvalue weighted by atomic mass is 10.3. The zero-order valence-corrected chi connectivity index (χ0v) is 10.5. The highest BCUT2D eigenvalue weighted by Crippen LogP contribution is 1.95. The van der Waals surface area contributed by atoms with Gasteiger partial charge in [-0.2, -0.15) is 0 Å². The van der Waals surface area contributed by atoms with Crippen molar-refractivity contribution in [1.29, 1.82) is 0 Å². The molecule has 2 heterocycles. The average molecular weight is 256 g/mol. The standard InChI is InChI=1S/C14H16N4O/c19-14(18-10-13-4-2-6-16-8-13)11-17-9-12-3-1-5-15-7-12/h1-8,17H,9-11H2,(H,18,19). The van der Waals surface area contributed by atoms with Crippen molar-refractivity contribution in [3.05, 3.63) is 60.2 Å². The van der Waals surface area contributed by atoms with Crippen LogP contribution < -0.4 is 10.6 Å². The molecule has 0 aliphatic rings. The predicted molar refractivity (Wildman–Crippen MR) is 72.0 cm³/mol. The molecule has 0 aliphatic heterocycles. The number of carbonyl (C=O) groups is 1. The van der Waals surface area contributed by atoms with Crippen molar-refractivity contribution in [3.63, 3.8) is 0 Å². The van der Waals surface area contributed by atoms with Gasteiger partial charge in [0.25, 0.3) is 0 Å². The molecule has 0 aliphatic carbocycles. The number of carbonyl (C=O) groups excluding carboxylic acids is 1. The molecule has 98 valence electrons. The molecule has 1 amide bonds. The van der Waals surface area contributed by atoms with Crippen molar-refractivity contribution in [1.82, 2.24) is 20.6 Å². The minimum Gasteiger partial charge on any atom is -0.351 e. The molecule has 0 aromatic carbocycles. The van der Waals surface area contributed by atoms with Crippen LogP contribution >= 0.6 is 0 Å². The topological polar surface area (TPSA) is 66.9 Å².